The second-order valence-electron chi connectivity index (χ2n) is 6.99. The van der Waals surface area contributed by atoms with Crippen molar-refractivity contribution in [2.75, 3.05) is 26.2 Å². The molecule has 2 aromatic carbocycles. The van der Waals surface area contributed by atoms with E-state index in [0.29, 0.717) is 37.1 Å². The monoisotopic (exact) mass is 406 g/mol. The van der Waals surface area contributed by atoms with E-state index in [2.05, 4.69) is 10.1 Å². The maximum atomic E-state index is 12.9. The van der Waals surface area contributed by atoms with Gasteiger partial charge in [0.1, 0.15) is 11.8 Å². The average molecular weight is 406 g/mol. The molecule has 1 saturated heterocycles. The van der Waals surface area contributed by atoms with Crippen molar-refractivity contribution in [3.63, 3.8) is 0 Å². The van der Waals surface area contributed by atoms with Gasteiger partial charge in [0.2, 0.25) is 11.7 Å². The van der Waals surface area contributed by atoms with Crippen LogP contribution in [0.5, 0.6) is 5.75 Å². The molecule has 1 aromatic heterocycles. The molecule has 1 aliphatic heterocycles. The minimum absolute atomic E-state index is 0.0598. The third-order valence-corrected chi connectivity index (χ3v) is 5.01. The molecule has 2 heterocycles. The van der Waals surface area contributed by atoms with Crippen LogP contribution in [0.15, 0.2) is 65.2 Å². The molecule has 0 spiro atoms. The van der Waals surface area contributed by atoms with Crippen LogP contribution in [0.1, 0.15) is 18.9 Å². The van der Waals surface area contributed by atoms with Crippen LogP contribution in [0.2, 0.25) is 0 Å². The first kappa shape index (κ1) is 19.6. The number of benzene rings is 2. The number of ether oxygens (including phenoxy) is 1. The third-order valence-electron chi connectivity index (χ3n) is 5.01. The molecule has 3 aromatic rings. The number of para-hydroxylation sites is 1. The lowest BCUT2D eigenvalue weighted by atomic mass is 10.1. The molecule has 30 heavy (non-hydrogen) atoms. The molecule has 0 radical (unpaired) electrons. The largest absolute Gasteiger partial charge is 0.484 e. The summed E-state index contributed by atoms with van der Waals surface area (Å²) >= 11 is 0. The van der Waals surface area contributed by atoms with Crippen molar-refractivity contribution in [3.8, 4) is 17.1 Å². The van der Waals surface area contributed by atoms with E-state index in [4.69, 9.17) is 9.26 Å². The topological polar surface area (TPSA) is 88.8 Å². The Kier molecular flexibility index (Phi) is 5.74. The van der Waals surface area contributed by atoms with Crippen LogP contribution in [0, 0.1) is 0 Å². The average Bonchev–Trinajstić information content (AvgIpc) is 3.28. The Balaban J connectivity index is 1.54. The first-order valence-corrected chi connectivity index (χ1v) is 9.73. The van der Waals surface area contributed by atoms with Gasteiger partial charge in [-0.2, -0.15) is 4.98 Å². The van der Waals surface area contributed by atoms with Crippen LogP contribution in [0.25, 0.3) is 11.4 Å². The fourth-order valence-corrected chi connectivity index (χ4v) is 3.40. The quantitative estimate of drug-likeness (QED) is 0.647. The summed E-state index contributed by atoms with van der Waals surface area (Å²) in [5, 5.41) is 4.06. The van der Waals surface area contributed by atoms with Gasteiger partial charge >= 0.3 is 0 Å². The number of amides is 2. The zero-order chi connectivity index (χ0) is 20.9. The lowest BCUT2D eigenvalue weighted by Gasteiger charge is -2.39. The van der Waals surface area contributed by atoms with Crippen molar-refractivity contribution in [2.45, 2.75) is 13.0 Å². The number of hydrogen-bond acceptors (Lipinski definition) is 6. The summed E-state index contributed by atoms with van der Waals surface area (Å²) in [4.78, 5) is 32.7. The lowest BCUT2D eigenvalue weighted by Crippen LogP contribution is -2.53. The Hall–Kier alpha value is -3.68. The first-order chi connectivity index (χ1) is 14.6. The van der Waals surface area contributed by atoms with Crippen LogP contribution in [0.3, 0.4) is 0 Å². The molecule has 0 saturated carbocycles. The Labute approximate surface area is 174 Å². The van der Waals surface area contributed by atoms with Gasteiger partial charge in [0.05, 0.1) is 6.54 Å². The SMILES string of the molecule is CC(=O)N1CCN(C(=O)COc2ccccc2)C(c2nc(-c3ccccc3)no2)C1. The number of carbonyl (C=O) groups is 2. The summed E-state index contributed by atoms with van der Waals surface area (Å²) in [6.07, 6.45) is 0. The van der Waals surface area contributed by atoms with E-state index in [1.165, 1.54) is 6.92 Å². The van der Waals surface area contributed by atoms with E-state index in [1.54, 1.807) is 21.9 Å². The zero-order valence-electron chi connectivity index (χ0n) is 16.6. The molecule has 0 N–H and O–H groups in total. The predicted molar refractivity (Wildman–Crippen MR) is 108 cm³/mol. The normalized spacial score (nSPS) is 16.4. The number of nitrogens with zero attached hydrogens (tertiary/aromatic N) is 4. The molecule has 2 amide bonds. The highest BCUT2D eigenvalue weighted by Crippen LogP contribution is 2.27. The molecule has 0 bridgehead atoms. The number of rotatable bonds is 5. The maximum absolute atomic E-state index is 12.9. The number of hydrogen-bond donors (Lipinski definition) is 0. The highest BCUT2D eigenvalue weighted by Gasteiger charge is 2.36. The van der Waals surface area contributed by atoms with E-state index in [0.717, 1.165) is 5.56 Å². The van der Waals surface area contributed by atoms with Crippen molar-refractivity contribution in [1.29, 1.82) is 0 Å². The lowest BCUT2D eigenvalue weighted by molar-refractivity contribution is -0.144. The summed E-state index contributed by atoms with van der Waals surface area (Å²) in [5.74, 6) is 1.10. The molecule has 8 nitrogen and oxygen atoms in total. The van der Waals surface area contributed by atoms with Crippen molar-refractivity contribution in [3.05, 3.63) is 66.6 Å². The van der Waals surface area contributed by atoms with Gasteiger partial charge in [0, 0.05) is 25.6 Å². The second kappa shape index (κ2) is 8.77. The molecule has 4 rings (SSSR count). The molecule has 1 unspecified atom stereocenters. The van der Waals surface area contributed by atoms with Gasteiger partial charge in [-0.3, -0.25) is 9.59 Å². The van der Waals surface area contributed by atoms with Gasteiger partial charge in [-0.15, -0.1) is 0 Å². The standard InChI is InChI=1S/C22H22N4O4/c1-16(27)25-12-13-26(20(28)15-29-18-10-6-3-7-11-18)19(14-25)22-23-21(24-30-22)17-8-4-2-5-9-17/h2-11,19H,12-15H2,1H3. The maximum Gasteiger partial charge on any atom is 0.261 e. The minimum atomic E-state index is -0.528. The first-order valence-electron chi connectivity index (χ1n) is 9.73. The summed E-state index contributed by atoms with van der Waals surface area (Å²) in [6.45, 7) is 2.51. The molecule has 154 valence electrons. The summed E-state index contributed by atoms with van der Waals surface area (Å²) in [7, 11) is 0. The molecule has 1 aliphatic rings. The summed E-state index contributed by atoms with van der Waals surface area (Å²) < 4.78 is 11.1. The van der Waals surface area contributed by atoms with E-state index >= 15 is 0 Å². The van der Waals surface area contributed by atoms with Gasteiger partial charge in [0.15, 0.2) is 6.61 Å². The Bertz CT molecular complexity index is 1010. The van der Waals surface area contributed by atoms with Crippen LogP contribution in [-0.2, 0) is 9.59 Å². The van der Waals surface area contributed by atoms with Gasteiger partial charge in [-0.25, -0.2) is 0 Å². The smallest absolute Gasteiger partial charge is 0.261 e. The fraction of sp³-hybridized carbons (Fsp3) is 0.273. The minimum Gasteiger partial charge on any atom is -0.484 e. The summed E-state index contributed by atoms with van der Waals surface area (Å²) in [5.41, 5.74) is 0.817. The van der Waals surface area contributed by atoms with E-state index in [9.17, 15) is 9.59 Å². The predicted octanol–water partition coefficient (Wildman–Crippen LogP) is 2.55. The van der Waals surface area contributed by atoms with Crippen LogP contribution >= 0.6 is 0 Å². The molecule has 8 heteroatoms. The number of aromatic nitrogens is 2. The molecular weight excluding hydrogens is 384 g/mol. The zero-order valence-corrected chi connectivity index (χ0v) is 16.6. The molecule has 1 atom stereocenters. The van der Waals surface area contributed by atoms with Crippen molar-refractivity contribution < 1.29 is 18.8 Å². The van der Waals surface area contributed by atoms with Crippen LogP contribution in [0.4, 0.5) is 0 Å². The second-order valence-corrected chi connectivity index (χ2v) is 6.99. The van der Waals surface area contributed by atoms with Crippen LogP contribution < -0.4 is 4.74 Å². The van der Waals surface area contributed by atoms with Gasteiger partial charge in [-0.1, -0.05) is 53.7 Å². The molecular formula is C22H22N4O4. The Morgan fingerprint density at radius 1 is 1.07 bits per heavy atom. The van der Waals surface area contributed by atoms with Gasteiger partial charge in [0.25, 0.3) is 11.8 Å². The van der Waals surface area contributed by atoms with Crippen molar-refractivity contribution in [1.82, 2.24) is 19.9 Å². The van der Waals surface area contributed by atoms with Crippen molar-refractivity contribution >= 4 is 11.8 Å². The van der Waals surface area contributed by atoms with Crippen LogP contribution in [-0.4, -0.2) is 58.0 Å². The highest BCUT2D eigenvalue weighted by atomic mass is 16.5. The Morgan fingerprint density at radius 2 is 1.77 bits per heavy atom. The highest BCUT2D eigenvalue weighted by molar-refractivity contribution is 5.79. The van der Waals surface area contributed by atoms with E-state index in [1.807, 2.05) is 48.5 Å². The molecule has 0 aliphatic carbocycles. The van der Waals surface area contributed by atoms with Gasteiger partial charge < -0.3 is 19.1 Å². The van der Waals surface area contributed by atoms with Crippen molar-refractivity contribution in [2.24, 2.45) is 0 Å². The fourth-order valence-electron chi connectivity index (χ4n) is 3.40. The summed E-state index contributed by atoms with van der Waals surface area (Å²) in [6, 6.07) is 18.1. The van der Waals surface area contributed by atoms with E-state index < -0.39 is 6.04 Å². The van der Waals surface area contributed by atoms with Gasteiger partial charge in [-0.05, 0) is 12.1 Å². The third kappa shape index (κ3) is 4.32. The number of piperazine rings is 1. The Morgan fingerprint density at radius 3 is 2.47 bits per heavy atom. The number of carbonyl (C=O) groups excluding carboxylic acids is 2. The van der Waals surface area contributed by atoms with E-state index in [-0.39, 0.29) is 18.4 Å². The molecule has 1 fully saturated rings.